The molecular formula is C24H21N3O4S. The number of nitrogens with zero attached hydrogens (tertiary/aromatic N) is 2. The van der Waals surface area contributed by atoms with Gasteiger partial charge in [0.15, 0.2) is 6.04 Å². The average Bonchev–Trinajstić information content (AvgIpc) is 3.15. The number of nitrogens with one attached hydrogen (secondary N) is 1. The predicted octanol–water partition coefficient (Wildman–Crippen LogP) is 4.09. The maximum Gasteiger partial charge on any atom is 0.333 e. The molecule has 4 rings (SSSR count). The highest BCUT2D eigenvalue weighted by Gasteiger charge is 2.27. The molecule has 32 heavy (non-hydrogen) atoms. The van der Waals surface area contributed by atoms with Crippen LogP contribution in [0.3, 0.4) is 0 Å². The van der Waals surface area contributed by atoms with Crippen LogP contribution in [0.2, 0.25) is 0 Å². The zero-order valence-corrected chi connectivity index (χ0v) is 18.6. The van der Waals surface area contributed by atoms with Gasteiger partial charge in [-0.25, -0.2) is 9.78 Å². The highest BCUT2D eigenvalue weighted by Crippen LogP contribution is 2.29. The maximum atomic E-state index is 13.4. The first-order valence-electron chi connectivity index (χ1n) is 9.92. The molecule has 8 heteroatoms. The van der Waals surface area contributed by atoms with Crippen molar-refractivity contribution in [3.63, 3.8) is 0 Å². The number of fused-ring (bicyclic) bond motifs is 1. The molecule has 2 aromatic heterocycles. The number of benzene rings is 2. The summed E-state index contributed by atoms with van der Waals surface area (Å²) < 4.78 is 6.21. The van der Waals surface area contributed by atoms with Crippen LogP contribution in [0, 0.1) is 13.8 Å². The maximum absolute atomic E-state index is 13.4. The van der Waals surface area contributed by atoms with Crippen molar-refractivity contribution in [2.45, 2.75) is 19.9 Å². The van der Waals surface area contributed by atoms with E-state index in [0.717, 1.165) is 16.9 Å². The Morgan fingerprint density at radius 3 is 2.44 bits per heavy atom. The van der Waals surface area contributed by atoms with Crippen LogP contribution in [0.25, 0.3) is 10.2 Å². The minimum atomic E-state index is -0.978. The lowest BCUT2D eigenvalue weighted by atomic mass is 10.1. The number of thiophene rings is 1. The summed E-state index contributed by atoms with van der Waals surface area (Å²) in [5, 5.41) is 3.22. The van der Waals surface area contributed by atoms with Crippen molar-refractivity contribution in [2.24, 2.45) is 0 Å². The monoisotopic (exact) mass is 447 g/mol. The lowest BCUT2D eigenvalue weighted by molar-refractivity contribution is -0.143. The molecule has 0 aliphatic carbocycles. The van der Waals surface area contributed by atoms with Crippen LogP contribution in [0.4, 0.5) is 5.69 Å². The average molecular weight is 448 g/mol. The van der Waals surface area contributed by atoms with Gasteiger partial charge in [-0.05, 0) is 36.6 Å². The third-order valence-electron chi connectivity index (χ3n) is 5.29. The normalized spacial score (nSPS) is 11.8. The van der Waals surface area contributed by atoms with Crippen LogP contribution in [-0.4, -0.2) is 28.5 Å². The van der Waals surface area contributed by atoms with Gasteiger partial charge in [0.1, 0.15) is 11.2 Å². The highest BCUT2D eigenvalue weighted by atomic mass is 32.1. The molecule has 1 atom stereocenters. The molecule has 1 N–H and O–H groups in total. The van der Waals surface area contributed by atoms with Crippen LogP contribution in [0.15, 0.2) is 65.7 Å². The second-order valence-electron chi connectivity index (χ2n) is 7.30. The minimum Gasteiger partial charge on any atom is -0.467 e. The Morgan fingerprint density at radius 1 is 1.06 bits per heavy atom. The summed E-state index contributed by atoms with van der Waals surface area (Å²) in [6.07, 6.45) is 1.33. The molecule has 4 aromatic rings. The van der Waals surface area contributed by atoms with Gasteiger partial charge in [-0.3, -0.25) is 14.2 Å². The van der Waals surface area contributed by atoms with E-state index in [0.29, 0.717) is 31.9 Å². The molecule has 0 saturated carbocycles. The van der Waals surface area contributed by atoms with Crippen molar-refractivity contribution in [3.05, 3.63) is 92.8 Å². The van der Waals surface area contributed by atoms with Gasteiger partial charge in [-0.2, -0.15) is 0 Å². The Balaban J connectivity index is 1.80. The Morgan fingerprint density at radius 2 is 1.75 bits per heavy atom. The number of anilines is 1. The van der Waals surface area contributed by atoms with Crippen LogP contribution < -0.4 is 10.9 Å². The van der Waals surface area contributed by atoms with E-state index in [2.05, 4.69) is 10.3 Å². The topological polar surface area (TPSA) is 90.3 Å². The van der Waals surface area contributed by atoms with E-state index in [-0.39, 0.29) is 5.91 Å². The smallest absolute Gasteiger partial charge is 0.333 e. The quantitative estimate of drug-likeness (QED) is 0.466. The molecule has 1 amide bonds. The van der Waals surface area contributed by atoms with Crippen LogP contribution >= 0.6 is 11.3 Å². The third kappa shape index (κ3) is 3.80. The molecule has 1 unspecified atom stereocenters. The number of esters is 1. The minimum absolute atomic E-state index is 0.307. The molecule has 162 valence electrons. The standard InChI is InChI=1S/C24H21N3O4S/c1-14-9-7-8-12-17(14)26-21(28)20-15(2)18-22(32-20)25-13-27(23(18)29)19(24(30)31-3)16-10-5-4-6-11-16/h4-13,19H,1-3H3,(H,26,28). The van der Waals surface area contributed by atoms with Crippen LogP contribution in [0.5, 0.6) is 0 Å². The number of methoxy groups -OCH3 is 1. The van der Waals surface area contributed by atoms with Crippen molar-refractivity contribution < 1.29 is 14.3 Å². The van der Waals surface area contributed by atoms with Gasteiger partial charge in [0.25, 0.3) is 11.5 Å². The Hall–Kier alpha value is -3.78. The third-order valence-corrected chi connectivity index (χ3v) is 6.49. The SMILES string of the molecule is COC(=O)C(c1ccccc1)n1cnc2sc(C(=O)Nc3ccccc3C)c(C)c2c1=O. The number of rotatable bonds is 5. The number of para-hydroxylation sites is 1. The summed E-state index contributed by atoms with van der Waals surface area (Å²) in [5.74, 6) is -0.886. The first-order valence-corrected chi connectivity index (χ1v) is 10.7. The molecule has 0 aliphatic heterocycles. The largest absolute Gasteiger partial charge is 0.467 e. The van der Waals surface area contributed by atoms with Crippen molar-refractivity contribution >= 4 is 39.1 Å². The van der Waals surface area contributed by atoms with E-state index in [1.54, 1.807) is 31.2 Å². The summed E-state index contributed by atoms with van der Waals surface area (Å²) in [4.78, 5) is 44.2. The van der Waals surface area contributed by atoms with Gasteiger partial charge in [-0.15, -0.1) is 11.3 Å². The molecule has 0 saturated heterocycles. The van der Waals surface area contributed by atoms with Gasteiger partial charge < -0.3 is 10.1 Å². The van der Waals surface area contributed by atoms with E-state index in [4.69, 9.17) is 4.74 Å². The highest BCUT2D eigenvalue weighted by molar-refractivity contribution is 7.20. The van der Waals surface area contributed by atoms with Gasteiger partial charge in [0.2, 0.25) is 0 Å². The molecular weight excluding hydrogens is 426 g/mol. The number of aryl methyl sites for hydroxylation is 2. The number of hydrogen-bond acceptors (Lipinski definition) is 6. The number of carbonyl (C=O) groups excluding carboxylic acids is 2. The Bertz CT molecular complexity index is 1380. The molecule has 0 radical (unpaired) electrons. The van der Waals surface area contributed by atoms with Crippen molar-refractivity contribution in [2.75, 3.05) is 12.4 Å². The number of aromatic nitrogens is 2. The molecule has 2 aromatic carbocycles. The van der Waals surface area contributed by atoms with E-state index < -0.39 is 17.6 Å². The number of carbonyl (C=O) groups is 2. The summed E-state index contributed by atoms with van der Waals surface area (Å²) in [6, 6.07) is 15.4. The fourth-order valence-electron chi connectivity index (χ4n) is 3.59. The molecule has 7 nitrogen and oxygen atoms in total. The van der Waals surface area contributed by atoms with Crippen LogP contribution in [-0.2, 0) is 9.53 Å². The van der Waals surface area contributed by atoms with Gasteiger partial charge in [0.05, 0.1) is 17.4 Å². The summed E-state index contributed by atoms with van der Waals surface area (Å²) >= 11 is 1.15. The van der Waals surface area contributed by atoms with E-state index >= 15 is 0 Å². The molecule has 0 aliphatic rings. The van der Waals surface area contributed by atoms with Crippen LogP contribution in [0.1, 0.15) is 32.4 Å². The Kier molecular flexibility index (Phi) is 5.87. The van der Waals surface area contributed by atoms with Gasteiger partial charge >= 0.3 is 5.97 Å². The second kappa shape index (κ2) is 8.76. The predicted molar refractivity (Wildman–Crippen MR) is 124 cm³/mol. The summed E-state index contributed by atoms with van der Waals surface area (Å²) in [7, 11) is 1.28. The van der Waals surface area contributed by atoms with E-state index in [1.165, 1.54) is 18.0 Å². The molecule has 2 heterocycles. The van der Waals surface area contributed by atoms with Crippen molar-refractivity contribution in [1.29, 1.82) is 0 Å². The number of ether oxygens (including phenoxy) is 1. The molecule has 0 fully saturated rings. The van der Waals surface area contributed by atoms with Crippen molar-refractivity contribution in [1.82, 2.24) is 9.55 Å². The zero-order valence-electron chi connectivity index (χ0n) is 17.8. The van der Waals surface area contributed by atoms with Crippen molar-refractivity contribution in [3.8, 4) is 0 Å². The van der Waals surface area contributed by atoms with Gasteiger partial charge in [-0.1, -0.05) is 48.5 Å². The fourth-order valence-corrected chi connectivity index (χ4v) is 4.62. The summed E-state index contributed by atoms with van der Waals surface area (Å²) in [5.41, 5.74) is 2.36. The van der Waals surface area contributed by atoms with E-state index in [1.807, 2.05) is 37.3 Å². The molecule has 0 bridgehead atoms. The van der Waals surface area contributed by atoms with E-state index in [9.17, 15) is 14.4 Å². The number of amides is 1. The zero-order chi connectivity index (χ0) is 22.8. The summed E-state index contributed by atoms with van der Waals surface area (Å²) in [6.45, 7) is 3.62. The van der Waals surface area contributed by atoms with Gasteiger partial charge in [0, 0.05) is 5.69 Å². The Labute approximate surface area is 188 Å². The second-order valence-corrected chi connectivity index (χ2v) is 8.30. The first kappa shape index (κ1) is 21.5. The number of hydrogen-bond donors (Lipinski definition) is 1. The fraction of sp³-hybridized carbons (Fsp3) is 0.167. The first-order chi connectivity index (χ1) is 15.4. The lowest BCUT2D eigenvalue weighted by Gasteiger charge is -2.17. The molecule has 0 spiro atoms. The lowest BCUT2D eigenvalue weighted by Crippen LogP contribution is -2.31.